The minimum absolute atomic E-state index is 0.0863. The van der Waals surface area contributed by atoms with Crippen LogP contribution in [0.15, 0.2) is 23.1 Å². The second kappa shape index (κ2) is 6.06. The van der Waals surface area contributed by atoms with E-state index in [2.05, 4.69) is 5.32 Å². The standard InChI is InChI=1S/C11H14ClNO4S/c1-3-4-11(14)13-9-7-8(18(12,15)16)5-6-10(9)17-2/h5-7H,3-4H2,1-2H3,(H,13,14). The van der Waals surface area contributed by atoms with Gasteiger partial charge in [0.05, 0.1) is 17.7 Å². The molecular weight excluding hydrogens is 278 g/mol. The fourth-order valence-electron chi connectivity index (χ4n) is 1.38. The predicted octanol–water partition coefficient (Wildman–Crippen LogP) is 2.36. The molecule has 1 N–H and O–H groups in total. The van der Waals surface area contributed by atoms with Crippen LogP contribution in [0, 0.1) is 0 Å². The number of ether oxygens (including phenoxy) is 1. The monoisotopic (exact) mass is 291 g/mol. The summed E-state index contributed by atoms with van der Waals surface area (Å²) in [5, 5.41) is 2.59. The van der Waals surface area contributed by atoms with Crippen LogP contribution in [0.2, 0.25) is 0 Å². The molecule has 1 aromatic carbocycles. The number of amides is 1. The van der Waals surface area contributed by atoms with Crippen LogP contribution >= 0.6 is 10.7 Å². The van der Waals surface area contributed by atoms with Gasteiger partial charge in [0.2, 0.25) is 5.91 Å². The van der Waals surface area contributed by atoms with E-state index < -0.39 is 9.05 Å². The highest BCUT2D eigenvalue weighted by atomic mass is 35.7. The number of hydrogen-bond acceptors (Lipinski definition) is 4. The zero-order valence-corrected chi connectivity index (χ0v) is 11.6. The van der Waals surface area contributed by atoms with Gasteiger partial charge < -0.3 is 10.1 Å². The molecule has 0 radical (unpaired) electrons. The van der Waals surface area contributed by atoms with E-state index in [9.17, 15) is 13.2 Å². The summed E-state index contributed by atoms with van der Waals surface area (Å²) >= 11 is 0. The van der Waals surface area contributed by atoms with Crippen molar-refractivity contribution < 1.29 is 17.9 Å². The molecule has 0 aromatic heterocycles. The van der Waals surface area contributed by atoms with Crippen molar-refractivity contribution in [3.05, 3.63) is 18.2 Å². The number of benzene rings is 1. The van der Waals surface area contributed by atoms with Crippen molar-refractivity contribution >= 4 is 31.3 Å². The summed E-state index contributed by atoms with van der Waals surface area (Å²) in [6.07, 6.45) is 1.04. The summed E-state index contributed by atoms with van der Waals surface area (Å²) in [5.74, 6) is 0.170. The number of halogens is 1. The number of carbonyl (C=O) groups is 1. The molecule has 1 amide bonds. The van der Waals surface area contributed by atoms with Crippen LogP contribution in [-0.2, 0) is 13.8 Å². The molecule has 0 saturated carbocycles. The summed E-state index contributed by atoms with van der Waals surface area (Å²) in [4.78, 5) is 11.4. The lowest BCUT2D eigenvalue weighted by atomic mass is 10.2. The largest absolute Gasteiger partial charge is 0.495 e. The van der Waals surface area contributed by atoms with Gasteiger partial charge in [-0.15, -0.1) is 0 Å². The highest BCUT2D eigenvalue weighted by Crippen LogP contribution is 2.29. The fraction of sp³-hybridized carbons (Fsp3) is 0.364. The van der Waals surface area contributed by atoms with Crippen molar-refractivity contribution in [2.24, 2.45) is 0 Å². The van der Waals surface area contributed by atoms with E-state index >= 15 is 0 Å². The van der Waals surface area contributed by atoms with Crippen molar-refractivity contribution in [2.45, 2.75) is 24.7 Å². The molecule has 0 saturated heterocycles. The van der Waals surface area contributed by atoms with Gasteiger partial charge in [0.25, 0.3) is 9.05 Å². The molecule has 1 rings (SSSR count). The second-order valence-electron chi connectivity index (χ2n) is 3.60. The van der Waals surface area contributed by atoms with Crippen LogP contribution in [0.1, 0.15) is 19.8 Å². The van der Waals surface area contributed by atoms with Gasteiger partial charge in [0, 0.05) is 17.1 Å². The summed E-state index contributed by atoms with van der Waals surface area (Å²) < 4.78 is 27.5. The fourth-order valence-corrected chi connectivity index (χ4v) is 2.15. The third-order valence-electron chi connectivity index (χ3n) is 2.20. The van der Waals surface area contributed by atoms with E-state index in [4.69, 9.17) is 15.4 Å². The average molecular weight is 292 g/mol. The number of nitrogens with one attached hydrogen (secondary N) is 1. The molecule has 0 aliphatic rings. The third-order valence-corrected chi connectivity index (χ3v) is 3.56. The molecule has 0 aliphatic carbocycles. The molecule has 0 atom stereocenters. The smallest absolute Gasteiger partial charge is 0.261 e. The molecule has 18 heavy (non-hydrogen) atoms. The molecule has 100 valence electrons. The van der Waals surface area contributed by atoms with Crippen LogP contribution in [-0.4, -0.2) is 21.4 Å². The molecule has 0 unspecified atom stereocenters. The molecule has 0 aliphatic heterocycles. The Bertz CT molecular complexity index is 542. The Morgan fingerprint density at radius 3 is 2.61 bits per heavy atom. The maximum atomic E-state index is 11.5. The molecule has 0 spiro atoms. The number of carbonyl (C=O) groups excluding carboxylic acids is 1. The Morgan fingerprint density at radius 2 is 2.11 bits per heavy atom. The van der Waals surface area contributed by atoms with Gasteiger partial charge in [-0.2, -0.15) is 0 Å². The lowest BCUT2D eigenvalue weighted by Crippen LogP contribution is -2.12. The van der Waals surface area contributed by atoms with Gasteiger partial charge in [-0.05, 0) is 24.6 Å². The highest BCUT2D eigenvalue weighted by molar-refractivity contribution is 8.13. The molecule has 0 bridgehead atoms. The first-order valence-corrected chi connectivity index (χ1v) is 7.62. The molecule has 1 aromatic rings. The van der Waals surface area contributed by atoms with Crippen molar-refractivity contribution in [2.75, 3.05) is 12.4 Å². The van der Waals surface area contributed by atoms with Gasteiger partial charge >= 0.3 is 0 Å². The highest BCUT2D eigenvalue weighted by Gasteiger charge is 2.14. The number of rotatable bonds is 5. The lowest BCUT2D eigenvalue weighted by Gasteiger charge is -2.10. The number of methoxy groups -OCH3 is 1. The maximum Gasteiger partial charge on any atom is 0.261 e. The van der Waals surface area contributed by atoms with Gasteiger partial charge in [-0.3, -0.25) is 4.79 Å². The third kappa shape index (κ3) is 3.89. The zero-order valence-electron chi connectivity index (χ0n) is 10.1. The van der Waals surface area contributed by atoms with Crippen LogP contribution < -0.4 is 10.1 Å². The maximum absolute atomic E-state index is 11.5. The van der Waals surface area contributed by atoms with Crippen molar-refractivity contribution in [3.8, 4) is 5.75 Å². The minimum atomic E-state index is -3.83. The normalized spacial score (nSPS) is 11.1. The van der Waals surface area contributed by atoms with Crippen molar-refractivity contribution in [3.63, 3.8) is 0 Å². The van der Waals surface area contributed by atoms with Gasteiger partial charge in [-0.1, -0.05) is 6.92 Å². The molecular formula is C11H14ClNO4S. The Morgan fingerprint density at radius 1 is 1.44 bits per heavy atom. The Hall–Kier alpha value is -1.27. The lowest BCUT2D eigenvalue weighted by molar-refractivity contribution is -0.116. The van der Waals surface area contributed by atoms with Crippen LogP contribution in [0.5, 0.6) is 5.75 Å². The van der Waals surface area contributed by atoms with E-state index in [1.165, 1.54) is 25.3 Å². The summed E-state index contributed by atoms with van der Waals surface area (Å²) in [7, 11) is 2.84. The Kier molecular flexibility index (Phi) is 4.98. The van der Waals surface area contributed by atoms with Gasteiger partial charge in [-0.25, -0.2) is 8.42 Å². The van der Waals surface area contributed by atoms with Crippen LogP contribution in [0.25, 0.3) is 0 Å². The second-order valence-corrected chi connectivity index (χ2v) is 6.16. The van der Waals surface area contributed by atoms with E-state index in [1.807, 2.05) is 6.92 Å². The predicted molar refractivity (Wildman–Crippen MR) is 69.6 cm³/mol. The number of anilines is 1. The molecule has 0 heterocycles. The van der Waals surface area contributed by atoms with E-state index in [1.54, 1.807) is 0 Å². The SMILES string of the molecule is CCCC(=O)Nc1cc(S(=O)(=O)Cl)ccc1OC. The van der Waals surface area contributed by atoms with Crippen LogP contribution in [0.4, 0.5) is 5.69 Å². The van der Waals surface area contributed by atoms with E-state index in [0.717, 1.165) is 0 Å². The summed E-state index contributed by atoms with van der Waals surface area (Å²) in [6, 6.07) is 4.03. The average Bonchev–Trinajstić information content (AvgIpc) is 2.28. The van der Waals surface area contributed by atoms with Crippen molar-refractivity contribution in [1.82, 2.24) is 0 Å². The van der Waals surface area contributed by atoms with Gasteiger partial charge in [0.1, 0.15) is 5.75 Å². The summed E-state index contributed by atoms with van der Waals surface area (Å²) in [6.45, 7) is 1.87. The quantitative estimate of drug-likeness (QED) is 0.845. The van der Waals surface area contributed by atoms with E-state index in [0.29, 0.717) is 18.6 Å². The molecule has 0 fully saturated rings. The Labute approximate surface area is 111 Å². The van der Waals surface area contributed by atoms with Gasteiger partial charge in [0.15, 0.2) is 0 Å². The van der Waals surface area contributed by atoms with Crippen LogP contribution in [0.3, 0.4) is 0 Å². The number of hydrogen-bond donors (Lipinski definition) is 1. The zero-order chi connectivity index (χ0) is 13.8. The summed E-state index contributed by atoms with van der Waals surface area (Å²) in [5.41, 5.74) is 0.290. The topological polar surface area (TPSA) is 72.5 Å². The first-order valence-electron chi connectivity index (χ1n) is 5.31. The molecule has 5 nitrogen and oxygen atoms in total. The van der Waals surface area contributed by atoms with E-state index in [-0.39, 0.29) is 16.5 Å². The minimum Gasteiger partial charge on any atom is -0.495 e. The van der Waals surface area contributed by atoms with Crippen molar-refractivity contribution in [1.29, 1.82) is 0 Å². The Balaban J connectivity index is 3.11. The first kappa shape index (κ1) is 14.8. The molecule has 7 heteroatoms. The first-order chi connectivity index (χ1) is 8.38.